The fourth-order valence-corrected chi connectivity index (χ4v) is 2.93. The van der Waals surface area contributed by atoms with Crippen LogP contribution in [0.1, 0.15) is 20.3 Å². The topological polar surface area (TPSA) is 0 Å². The van der Waals surface area contributed by atoms with Gasteiger partial charge in [-0.1, -0.05) is 49.8 Å². The molecule has 74 valence electrons. The highest BCUT2D eigenvalue weighted by Crippen LogP contribution is 2.35. The quantitative estimate of drug-likeness (QED) is 0.620. The minimum absolute atomic E-state index is 0.572. The summed E-state index contributed by atoms with van der Waals surface area (Å²) in [6.45, 7) is 4.47. The van der Waals surface area contributed by atoms with Gasteiger partial charge in [0.05, 0.1) is 0 Å². The smallest absolute Gasteiger partial charge is 0.0194 e. The minimum atomic E-state index is 0.572. The van der Waals surface area contributed by atoms with E-state index in [1.165, 1.54) is 22.7 Å². The molecule has 0 fully saturated rings. The third-order valence-corrected chi connectivity index (χ3v) is 3.81. The van der Waals surface area contributed by atoms with Gasteiger partial charge in [0, 0.05) is 10.7 Å². The predicted octanol–water partition coefficient (Wildman–Crippen LogP) is 4.09. The zero-order valence-electron chi connectivity index (χ0n) is 8.79. The molecule has 1 aliphatic heterocycles. The van der Waals surface area contributed by atoms with E-state index in [0.29, 0.717) is 5.92 Å². The first kappa shape index (κ1) is 9.85. The maximum absolute atomic E-state index is 2.36. The summed E-state index contributed by atoms with van der Waals surface area (Å²) in [6.07, 6.45) is 12.6. The van der Waals surface area contributed by atoms with Gasteiger partial charge < -0.3 is 0 Å². The maximum Gasteiger partial charge on any atom is 0.0194 e. The first-order chi connectivity index (χ1) is 6.79. The SMILES string of the molecule is CCC1=CC2=CC=CC(C)C=C2SC1. The van der Waals surface area contributed by atoms with Crippen LogP contribution < -0.4 is 0 Å². The Morgan fingerprint density at radius 2 is 2.36 bits per heavy atom. The largest absolute Gasteiger partial charge is 0.121 e. The molecule has 0 nitrogen and oxygen atoms in total. The van der Waals surface area contributed by atoms with Gasteiger partial charge in [0.15, 0.2) is 0 Å². The van der Waals surface area contributed by atoms with Gasteiger partial charge in [0.25, 0.3) is 0 Å². The number of allylic oxidation sites excluding steroid dienone is 6. The number of thioether (sulfide) groups is 1. The molecule has 0 N–H and O–H groups in total. The summed E-state index contributed by atoms with van der Waals surface area (Å²) in [4.78, 5) is 1.46. The summed E-state index contributed by atoms with van der Waals surface area (Å²) in [5, 5.41) is 0. The molecule has 0 saturated carbocycles. The van der Waals surface area contributed by atoms with Crippen LogP contribution in [0, 0.1) is 5.92 Å². The van der Waals surface area contributed by atoms with E-state index < -0.39 is 0 Å². The second-order valence-electron chi connectivity index (χ2n) is 3.84. The standard InChI is InChI=1S/C13H16S/c1-3-11-8-12-6-4-5-10(2)7-13(12)14-9-11/h4-8,10H,3,9H2,1-2H3. The highest BCUT2D eigenvalue weighted by Gasteiger charge is 2.13. The fraction of sp³-hybridized carbons (Fsp3) is 0.385. The third kappa shape index (κ3) is 2.03. The summed E-state index contributed by atoms with van der Waals surface area (Å²) in [6, 6.07) is 0. The van der Waals surface area contributed by atoms with Gasteiger partial charge in [-0.05, 0) is 17.9 Å². The second kappa shape index (κ2) is 4.22. The number of rotatable bonds is 1. The van der Waals surface area contributed by atoms with Gasteiger partial charge in [-0.15, -0.1) is 11.8 Å². The molecule has 2 aliphatic rings. The van der Waals surface area contributed by atoms with Gasteiger partial charge in [-0.3, -0.25) is 0 Å². The Labute approximate surface area is 90.5 Å². The normalized spacial score (nSPS) is 25.9. The summed E-state index contributed by atoms with van der Waals surface area (Å²) in [5.74, 6) is 1.75. The van der Waals surface area contributed by atoms with Crippen molar-refractivity contribution in [3.05, 3.63) is 46.4 Å². The molecule has 1 heteroatoms. The van der Waals surface area contributed by atoms with E-state index in [-0.39, 0.29) is 0 Å². The Kier molecular flexibility index (Phi) is 2.97. The van der Waals surface area contributed by atoms with Crippen LogP contribution in [0.25, 0.3) is 0 Å². The van der Waals surface area contributed by atoms with Crippen molar-refractivity contribution in [2.24, 2.45) is 5.92 Å². The summed E-state index contributed by atoms with van der Waals surface area (Å²) < 4.78 is 0. The first-order valence-corrected chi connectivity index (χ1v) is 6.21. The number of hydrogen-bond donors (Lipinski definition) is 0. The first-order valence-electron chi connectivity index (χ1n) is 5.22. The molecule has 0 bridgehead atoms. The Balaban J connectivity index is 2.33. The van der Waals surface area contributed by atoms with Crippen LogP contribution in [0.5, 0.6) is 0 Å². The van der Waals surface area contributed by atoms with E-state index in [4.69, 9.17) is 0 Å². The Morgan fingerprint density at radius 3 is 3.14 bits per heavy atom. The van der Waals surface area contributed by atoms with Crippen LogP contribution in [0.2, 0.25) is 0 Å². The van der Waals surface area contributed by atoms with Gasteiger partial charge in [-0.2, -0.15) is 0 Å². The van der Waals surface area contributed by atoms with Crippen molar-refractivity contribution in [2.75, 3.05) is 5.75 Å². The molecule has 0 aromatic heterocycles. The Hall–Kier alpha value is -0.690. The average molecular weight is 204 g/mol. The predicted molar refractivity (Wildman–Crippen MR) is 65.3 cm³/mol. The molecule has 14 heavy (non-hydrogen) atoms. The molecular formula is C13H16S. The van der Waals surface area contributed by atoms with E-state index in [0.717, 1.165) is 0 Å². The lowest BCUT2D eigenvalue weighted by Gasteiger charge is -2.17. The van der Waals surface area contributed by atoms with Crippen LogP contribution in [0.15, 0.2) is 46.4 Å². The van der Waals surface area contributed by atoms with Crippen molar-refractivity contribution in [1.82, 2.24) is 0 Å². The zero-order chi connectivity index (χ0) is 9.97. The van der Waals surface area contributed by atoms with Crippen molar-refractivity contribution in [3.63, 3.8) is 0 Å². The maximum atomic E-state index is 2.36. The van der Waals surface area contributed by atoms with Crippen LogP contribution in [-0.2, 0) is 0 Å². The van der Waals surface area contributed by atoms with Crippen molar-refractivity contribution >= 4 is 11.8 Å². The zero-order valence-corrected chi connectivity index (χ0v) is 9.60. The lowest BCUT2D eigenvalue weighted by Crippen LogP contribution is -1.98. The minimum Gasteiger partial charge on any atom is -0.121 e. The van der Waals surface area contributed by atoms with E-state index in [2.05, 4.69) is 44.2 Å². The molecular weight excluding hydrogens is 188 g/mol. The van der Waals surface area contributed by atoms with Crippen molar-refractivity contribution in [1.29, 1.82) is 0 Å². The number of fused-ring (bicyclic) bond motifs is 1. The molecule has 0 aromatic rings. The van der Waals surface area contributed by atoms with E-state index >= 15 is 0 Å². The molecule has 0 amide bonds. The van der Waals surface area contributed by atoms with Crippen LogP contribution in [-0.4, -0.2) is 5.75 Å². The summed E-state index contributed by atoms with van der Waals surface area (Å²) >= 11 is 1.98. The number of hydrogen-bond acceptors (Lipinski definition) is 1. The monoisotopic (exact) mass is 204 g/mol. The molecule has 1 atom stereocenters. The molecule has 2 rings (SSSR count). The van der Waals surface area contributed by atoms with Crippen molar-refractivity contribution < 1.29 is 0 Å². The molecule has 1 aliphatic carbocycles. The molecule has 1 unspecified atom stereocenters. The lowest BCUT2D eigenvalue weighted by molar-refractivity contribution is 0.939. The summed E-state index contributed by atoms with van der Waals surface area (Å²) in [5.41, 5.74) is 2.96. The van der Waals surface area contributed by atoms with Gasteiger partial charge in [0.1, 0.15) is 0 Å². The molecule has 0 spiro atoms. The van der Waals surface area contributed by atoms with Crippen LogP contribution in [0.4, 0.5) is 0 Å². The van der Waals surface area contributed by atoms with E-state index in [1.807, 2.05) is 11.8 Å². The van der Waals surface area contributed by atoms with Gasteiger partial charge in [0.2, 0.25) is 0 Å². The molecule has 0 radical (unpaired) electrons. The Bertz CT molecular complexity index is 342. The fourth-order valence-electron chi connectivity index (χ4n) is 1.69. The molecule has 1 heterocycles. The Morgan fingerprint density at radius 1 is 1.50 bits per heavy atom. The van der Waals surface area contributed by atoms with Gasteiger partial charge >= 0.3 is 0 Å². The van der Waals surface area contributed by atoms with E-state index in [9.17, 15) is 0 Å². The van der Waals surface area contributed by atoms with Crippen molar-refractivity contribution in [3.8, 4) is 0 Å². The highest BCUT2D eigenvalue weighted by molar-refractivity contribution is 8.03. The molecule has 0 aromatic carbocycles. The second-order valence-corrected chi connectivity index (χ2v) is 4.86. The summed E-state index contributed by atoms with van der Waals surface area (Å²) in [7, 11) is 0. The van der Waals surface area contributed by atoms with Crippen LogP contribution >= 0.6 is 11.8 Å². The van der Waals surface area contributed by atoms with E-state index in [1.54, 1.807) is 5.57 Å². The van der Waals surface area contributed by atoms with Crippen molar-refractivity contribution in [2.45, 2.75) is 20.3 Å². The lowest BCUT2D eigenvalue weighted by atomic mass is 10.1. The highest BCUT2D eigenvalue weighted by atomic mass is 32.2. The molecule has 0 saturated heterocycles. The van der Waals surface area contributed by atoms with Gasteiger partial charge in [-0.25, -0.2) is 0 Å². The van der Waals surface area contributed by atoms with Crippen LogP contribution in [0.3, 0.4) is 0 Å². The average Bonchev–Trinajstić information content (AvgIpc) is 2.37. The third-order valence-electron chi connectivity index (χ3n) is 2.62.